The van der Waals surface area contributed by atoms with Gasteiger partial charge in [-0.05, 0) is 40.4 Å². The zero-order valence-electron chi connectivity index (χ0n) is 14.8. The van der Waals surface area contributed by atoms with Gasteiger partial charge in [-0.3, -0.25) is 4.79 Å². The maximum atomic E-state index is 12.4. The van der Waals surface area contributed by atoms with Crippen LogP contribution in [-0.4, -0.2) is 19.2 Å². The van der Waals surface area contributed by atoms with Gasteiger partial charge < -0.3 is 4.74 Å². The van der Waals surface area contributed by atoms with E-state index in [1.54, 1.807) is 19.4 Å². The maximum absolute atomic E-state index is 12.4. The van der Waals surface area contributed by atoms with E-state index in [-0.39, 0.29) is 5.91 Å². The van der Waals surface area contributed by atoms with Gasteiger partial charge in [-0.25, -0.2) is 5.43 Å². The molecule has 0 atom stereocenters. The first-order valence-corrected chi connectivity index (χ1v) is 8.64. The van der Waals surface area contributed by atoms with Crippen LogP contribution in [0, 0.1) is 0 Å². The average Bonchev–Trinajstić information content (AvgIpc) is 2.73. The van der Waals surface area contributed by atoms with Crippen molar-refractivity contribution in [2.45, 2.75) is 0 Å². The molecule has 0 saturated heterocycles. The van der Waals surface area contributed by atoms with Crippen molar-refractivity contribution in [2.24, 2.45) is 5.10 Å². The number of ether oxygens (including phenoxy) is 1. The summed E-state index contributed by atoms with van der Waals surface area (Å²) in [5.74, 6) is 0.567. The van der Waals surface area contributed by atoms with Crippen molar-refractivity contribution in [1.29, 1.82) is 0 Å². The van der Waals surface area contributed by atoms with Gasteiger partial charge in [0.05, 0.1) is 13.3 Å². The first-order valence-electron chi connectivity index (χ1n) is 8.64. The highest BCUT2D eigenvalue weighted by molar-refractivity contribution is 6.03. The lowest BCUT2D eigenvalue weighted by atomic mass is 10.0. The van der Waals surface area contributed by atoms with Gasteiger partial charge >= 0.3 is 0 Å². The predicted octanol–water partition coefficient (Wildman–Crippen LogP) is 4.77. The number of hydrazone groups is 1. The van der Waals surface area contributed by atoms with E-state index in [1.165, 1.54) is 0 Å². The minimum Gasteiger partial charge on any atom is -0.496 e. The zero-order chi connectivity index (χ0) is 18.6. The summed E-state index contributed by atoms with van der Waals surface area (Å²) in [6, 6.07) is 25.3. The largest absolute Gasteiger partial charge is 0.496 e. The second kappa shape index (κ2) is 7.30. The highest BCUT2D eigenvalue weighted by atomic mass is 16.5. The molecule has 27 heavy (non-hydrogen) atoms. The van der Waals surface area contributed by atoms with Crippen LogP contribution in [0.4, 0.5) is 0 Å². The van der Waals surface area contributed by atoms with Crippen molar-refractivity contribution in [3.8, 4) is 5.75 Å². The van der Waals surface area contributed by atoms with Crippen molar-refractivity contribution in [3.05, 3.63) is 90.0 Å². The minimum absolute atomic E-state index is 0.241. The van der Waals surface area contributed by atoms with Crippen molar-refractivity contribution >= 4 is 33.7 Å². The highest BCUT2D eigenvalue weighted by Gasteiger charge is 2.06. The number of carbonyl (C=O) groups excluding carboxylic acids is 1. The molecule has 0 heterocycles. The first kappa shape index (κ1) is 16.8. The summed E-state index contributed by atoms with van der Waals surface area (Å²) in [6.07, 6.45) is 1.65. The fourth-order valence-electron chi connectivity index (χ4n) is 3.14. The van der Waals surface area contributed by atoms with Gasteiger partial charge in [0.2, 0.25) is 0 Å². The monoisotopic (exact) mass is 354 g/mol. The smallest absolute Gasteiger partial charge is 0.271 e. The molecule has 0 unspecified atom stereocenters. The predicted molar refractivity (Wildman–Crippen MR) is 110 cm³/mol. The first-order chi connectivity index (χ1) is 13.3. The van der Waals surface area contributed by atoms with Crippen molar-refractivity contribution in [3.63, 3.8) is 0 Å². The number of benzene rings is 4. The Bertz CT molecular complexity index is 1170. The minimum atomic E-state index is -0.241. The van der Waals surface area contributed by atoms with E-state index in [9.17, 15) is 4.79 Å². The Morgan fingerprint density at radius 3 is 2.44 bits per heavy atom. The third kappa shape index (κ3) is 3.37. The summed E-state index contributed by atoms with van der Waals surface area (Å²) in [6.45, 7) is 0. The summed E-state index contributed by atoms with van der Waals surface area (Å²) in [5.41, 5.74) is 4.09. The van der Waals surface area contributed by atoms with Gasteiger partial charge in [0.15, 0.2) is 0 Å². The van der Waals surface area contributed by atoms with E-state index in [0.29, 0.717) is 5.56 Å². The van der Waals surface area contributed by atoms with Crippen molar-refractivity contribution < 1.29 is 9.53 Å². The lowest BCUT2D eigenvalue weighted by molar-refractivity contribution is 0.0955. The van der Waals surface area contributed by atoms with Crippen LogP contribution in [0.5, 0.6) is 5.75 Å². The van der Waals surface area contributed by atoms with Crippen LogP contribution in [-0.2, 0) is 0 Å². The summed E-state index contributed by atoms with van der Waals surface area (Å²) in [7, 11) is 1.65. The normalized spacial score (nSPS) is 11.1. The van der Waals surface area contributed by atoms with E-state index in [1.807, 2.05) is 72.8 Å². The molecule has 0 aliphatic carbocycles. The second-order valence-electron chi connectivity index (χ2n) is 6.16. The molecular weight excluding hydrogens is 336 g/mol. The number of methoxy groups -OCH3 is 1. The van der Waals surface area contributed by atoms with Gasteiger partial charge in [-0.15, -0.1) is 0 Å². The molecule has 4 heteroatoms. The fraction of sp³-hybridized carbons (Fsp3) is 0.0435. The number of hydrogen-bond donors (Lipinski definition) is 1. The molecule has 4 aromatic rings. The van der Waals surface area contributed by atoms with Crippen LogP contribution >= 0.6 is 0 Å². The quantitative estimate of drug-likeness (QED) is 0.424. The van der Waals surface area contributed by atoms with Gasteiger partial charge in [0.25, 0.3) is 5.91 Å². The lowest BCUT2D eigenvalue weighted by Crippen LogP contribution is -2.17. The topological polar surface area (TPSA) is 50.7 Å². The number of hydrogen-bond acceptors (Lipinski definition) is 3. The molecule has 0 aromatic heterocycles. The molecular formula is C23H18N2O2. The van der Waals surface area contributed by atoms with Gasteiger partial charge in [-0.1, -0.05) is 54.6 Å². The van der Waals surface area contributed by atoms with Crippen LogP contribution in [0.15, 0.2) is 84.0 Å². The molecule has 0 spiro atoms. The summed E-state index contributed by atoms with van der Waals surface area (Å²) in [4.78, 5) is 12.4. The Morgan fingerprint density at radius 1 is 0.889 bits per heavy atom. The van der Waals surface area contributed by atoms with E-state index in [0.717, 1.165) is 32.9 Å². The third-order valence-electron chi connectivity index (χ3n) is 4.52. The van der Waals surface area contributed by atoms with Crippen LogP contribution in [0.1, 0.15) is 15.9 Å². The van der Waals surface area contributed by atoms with Crippen LogP contribution < -0.4 is 10.2 Å². The number of nitrogens with one attached hydrogen (secondary N) is 1. The Balaban J connectivity index is 1.56. The number of nitrogens with zero attached hydrogens (tertiary/aromatic N) is 1. The summed E-state index contributed by atoms with van der Waals surface area (Å²) < 4.78 is 5.40. The lowest BCUT2D eigenvalue weighted by Gasteiger charge is -2.07. The molecule has 0 saturated carbocycles. The highest BCUT2D eigenvalue weighted by Crippen LogP contribution is 2.27. The SMILES string of the molecule is COc1ccc(C=NNC(=O)c2ccc3ccccc3c2)c2ccccc12. The Kier molecular flexibility index (Phi) is 4.54. The Hall–Kier alpha value is -3.66. The zero-order valence-corrected chi connectivity index (χ0v) is 14.8. The van der Waals surface area contributed by atoms with E-state index < -0.39 is 0 Å². The molecule has 4 nitrogen and oxygen atoms in total. The van der Waals surface area contributed by atoms with Crippen LogP contribution in [0.25, 0.3) is 21.5 Å². The molecule has 1 amide bonds. The van der Waals surface area contributed by atoms with E-state index in [2.05, 4.69) is 10.5 Å². The number of fused-ring (bicyclic) bond motifs is 2. The van der Waals surface area contributed by atoms with Crippen LogP contribution in [0.3, 0.4) is 0 Å². The summed E-state index contributed by atoms with van der Waals surface area (Å²) >= 11 is 0. The van der Waals surface area contributed by atoms with Gasteiger partial charge in [-0.2, -0.15) is 5.10 Å². The van der Waals surface area contributed by atoms with Crippen molar-refractivity contribution in [1.82, 2.24) is 5.43 Å². The Labute approximate surface area is 157 Å². The molecule has 0 aliphatic rings. The Morgan fingerprint density at radius 2 is 1.63 bits per heavy atom. The van der Waals surface area contributed by atoms with E-state index in [4.69, 9.17) is 4.74 Å². The molecule has 0 radical (unpaired) electrons. The van der Waals surface area contributed by atoms with Crippen LogP contribution in [0.2, 0.25) is 0 Å². The van der Waals surface area contributed by atoms with E-state index >= 15 is 0 Å². The molecule has 4 aromatic carbocycles. The fourth-order valence-corrected chi connectivity index (χ4v) is 3.14. The third-order valence-corrected chi connectivity index (χ3v) is 4.52. The average molecular weight is 354 g/mol. The number of amides is 1. The molecule has 0 fully saturated rings. The van der Waals surface area contributed by atoms with Crippen molar-refractivity contribution in [2.75, 3.05) is 7.11 Å². The molecule has 132 valence electrons. The molecule has 0 bridgehead atoms. The number of rotatable bonds is 4. The molecule has 1 N–H and O–H groups in total. The second-order valence-corrected chi connectivity index (χ2v) is 6.16. The summed E-state index contributed by atoms with van der Waals surface area (Å²) in [5, 5.41) is 8.28. The van der Waals surface area contributed by atoms with Gasteiger partial charge in [0.1, 0.15) is 5.75 Å². The number of carbonyl (C=O) groups is 1. The maximum Gasteiger partial charge on any atom is 0.271 e. The molecule has 4 rings (SSSR count). The van der Waals surface area contributed by atoms with Gasteiger partial charge in [0, 0.05) is 16.5 Å². The molecule has 0 aliphatic heterocycles. The standard InChI is InChI=1S/C23H18N2O2/c1-27-22-13-12-19(20-8-4-5-9-21(20)22)15-24-25-23(26)18-11-10-16-6-2-3-7-17(16)14-18/h2-15H,1H3,(H,25,26).